The van der Waals surface area contributed by atoms with Crippen LogP contribution in [0.25, 0.3) is 0 Å². The summed E-state index contributed by atoms with van der Waals surface area (Å²) in [5.74, 6) is 0.375. The molecular formula is C16H18FNO2. The maximum absolute atomic E-state index is 13.5. The first-order valence-corrected chi connectivity index (χ1v) is 6.51. The molecule has 0 aliphatic rings. The summed E-state index contributed by atoms with van der Waals surface area (Å²) in [4.78, 5) is 0. The fourth-order valence-corrected chi connectivity index (χ4v) is 1.77. The number of halogens is 1. The topological polar surface area (TPSA) is 41.5 Å². The van der Waals surface area contributed by atoms with E-state index >= 15 is 0 Å². The number of benzene rings is 2. The van der Waals surface area contributed by atoms with Crippen molar-refractivity contribution in [1.29, 1.82) is 0 Å². The van der Waals surface area contributed by atoms with Gasteiger partial charge >= 0.3 is 0 Å². The van der Waals surface area contributed by atoms with Crippen LogP contribution >= 0.6 is 0 Å². The highest BCUT2D eigenvalue weighted by atomic mass is 19.1. The van der Waals surface area contributed by atoms with E-state index in [0.717, 1.165) is 5.56 Å². The molecule has 0 radical (unpaired) electrons. The predicted molar refractivity (Wildman–Crippen MR) is 77.6 cm³/mol. The lowest BCUT2D eigenvalue weighted by Crippen LogP contribution is -2.26. The van der Waals surface area contributed by atoms with E-state index in [0.29, 0.717) is 11.4 Å². The third-order valence-corrected chi connectivity index (χ3v) is 2.84. The predicted octanol–water partition coefficient (Wildman–Crippen LogP) is 2.99. The molecule has 0 saturated heterocycles. The van der Waals surface area contributed by atoms with Crippen LogP contribution in [-0.4, -0.2) is 24.4 Å². The minimum absolute atomic E-state index is 0.157. The number of para-hydroxylation sites is 1. The van der Waals surface area contributed by atoms with Crippen LogP contribution in [0.3, 0.4) is 0 Å². The van der Waals surface area contributed by atoms with Gasteiger partial charge in [-0.15, -0.1) is 0 Å². The molecule has 2 aromatic carbocycles. The Morgan fingerprint density at radius 2 is 1.95 bits per heavy atom. The van der Waals surface area contributed by atoms with E-state index in [1.807, 2.05) is 37.3 Å². The molecule has 2 N–H and O–H groups in total. The summed E-state index contributed by atoms with van der Waals surface area (Å²) in [6, 6.07) is 14.1. The van der Waals surface area contributed by atoms with Crippen LogP contribution < -0.4 is 10.1 Å². The zero-order valence-electron chi connectivity index (χ0n) is 11.3. The fourth-order valence-electron chi connectivity index (χ4n) is 1.77. The molecule has 2 rings (SSSR count). The van der Waals surface area contributed by atoms with Gasteiger partial charge in [0.15, 0.2) is 0 Å². The Kier molecular flexibility index (Phi) is 4.96. The summed E-state index contributed by atoms with van der Waals surface area (Å²) >= 11 is 0. The number of hydrogen-bond donors (Lipinski definition) is 2. The van der Waals surface area contributed by atoms with E-state index in [4.69, 9.17) is 4.74 Å². The van der Waals surface area contributed by atoms with Crippen molar-refractivity contribution in [2.75, 3.05) is 18.5 Å². The third-order valence-electron chi connectivity index (χ3n) is 2.84. The lowest BCUT2D eigenvalue weighted by molar-refractivity contribution is 0.117. The molecule has 0 heterocycles. The van der Waals surface area contributed by atoms with E-state index in [1.54, 1.807) is 12.1 Å². The molecule has 3 nitrogen and oxygen atoms in total. The van der Waals surface area contributed by atoms with Crippen molar-refractivity contribution < 1.29 is 14.2 Å². The SMILES string of the molecule is Cc1ccc(F)c(NCC(O)COc2ccccc2)c1. The monoisotopic (exact) mass is 275 g/mol. The Bertz CT molecular complexity index is 545. The third kappa shape index (κ3) is 4.24. The number of aliphatic hydroxyl groups excluding tert-OH is 1. The molecule has 106 valence electrons. The van der Waals surface area contributed by atoms with Gasteiger partial charge in [-0.25, -0.2) is 4.39 Å². The van der Waals surface area contributed by atoms with Gasteiger partial charge in [0, 0.05) is 6.54 Å². The van der Waals surface area contributed by atoms with Gasteiger partial charge in [0.1, 0.15) is 24.3 Å². The highest BCUT2D eigenvalue weighted by Crippen LogP contribution is 2.15. The van der Waals surface area contributed by atoms with Crippen LogP contribution in [0.1, 0.15) is 5.56 Å². The maximum Gasteiger partial charge on any atom is 0.146 e. The molecule has 1 unspecified atom stereocenters. The molecule has 0 aliphatic carbocycles. The number of rotatable bonds is 6. The highest BCUT2D eigenvalue weighted by molar-refractivity contribution is 5.47. The van der Waals surface area contributed by atoms with Crippen LogP contribution in [0, 0.1) is 12.7 Å². The maximum atomic E-state index is 13.5. The minimum atomic E-state index is -0.713. The Labute approximate surface area is 118 Å². The molecule has 0 fully saturated rings. The van der Waals surface area contributed by atoms with E-state index in [9.17, 15) is 9.50 Å². The first-order valence-electron chi connectivity index (χ1n) is 6.51. The van der Waals surface area contributed by atoms with Crippen LogP contribution in [0.5, 0.6) is 5.75 Å². The smallest absolute Gasteiger partial charge is 0.146 e. The molecule has 0 aromatic heterocycles. The molecule has 4 heteroatoms. The van der Waals surface area contributed by atoms with Crippen LogP contribution in [0.2, 0.25) is 0 Å². The first-order chi connectivity index (χ1) is 9.65. The molecule has 0 amide bonds. The van der Waals surface area contributed by atoms with Crippen molar-refractivity contribution in [3.8, 4) is 5.75 Å². The van der Waals surface area contributed by atoms with Crippen molar-refractivity contribution in [2.45, 2.75) is 13.0 Å². The summed E-state index contributed by atoms with van der Waals surface area (Å²) in [7, 11) is 0. The zero-order chi connectivity index (χ0) is 14.4. The molecule has 0 bridgehead atoms. The average Bonchev–Trinajstić information content (AvgIpc) is 2.47. The van der Waals surface area contributed by atoms with E-state index in [2.05, 4.69) is 5.32 Å². The van der Waals surface area contributed by atoms with Crippen molar-refractivity contribution in [3.63, 3.8) is 0 Å². The second-order valence-electron chi connectivity index (χ2n) is 4.64. The van der Waals surface area contributed by atoms with E-state index in [-0.39, 0.29) is 19.0 Å². The average molecular weight is 275 g/mol. The molecule has 0 spiro atoms. The normalized spacial score (nSPS) is 11.9. The van der Waals surface area contributed by atoms with E-state index in [1.165, 1.54) is 6.07 Å². The van der Waals surface area contributed by atoms with Gasteiger partial charge < -0.3 is 15.2 Å². The van der Waals surface area contributed by atoms with Crippen LogP contribution in [-0.2, 0) is 0 Å². The molecule has 1 atom stereocenters. The molecular weight excluding hydrogens is 257 g/mol. The Balaban J connectivity index is 1.80. The van der Waals surface area contributed by atoms with Gasteiger partial charge in [0.2, 0.25) is 0 Å². The second kappa shape index (κ2) is 6.91. The van der Waals surface area contributed by atoms with Crippen molar-refractivity contribution in [2.24, 2.45) is 0 Å². The van der Waals surface area contributed by atoms with Crippen molar-refractivity contribution in [1.82, 2.24) is 0 Å². The quantitative estimate of drug-likeness (QED) is 0.851. The Morgan fingerprint density at radius 1 is 1.20 bits per heavy atom. The molecule has 0 saturated carbocycles. The van der Waals surface area contributed by atoms with Gasteiger partial charge in [0.25, 0.3) is 0 Å². The van der Waals surface area contributed by atoms with E-state index < -0.39 is 6.10 Å². The summed E-state index contributed by atoms with van der Waals surface area (Å²) < 4.78 is 18.9. The summed E-state index contributed by atoms with van der Waals surface area (Å²) in [6.07, 6.45) is -0.713. The van der Waals surface area contributed by atoms with Gasteiger partial charge in [-0.3, -0.25) is 0 Å². The van der Waals surface area contributed by atoms with Gasteiger partial charge in [-0.2, -0.15) is 0 Å². The Morgan fingerprint density at radius 3 is 2.70 bits per heavy atom. The summed E-state index contributed by atoms with van der Waals surface area (Å²) in [5.41, 5.74) is 1.35. The summed E-state index contributed by atoms with van der Waals surface area (Å²) in [6.45, 7) is 2.28. The van der Waals surface area contributed by atoms with Crippen LogP contribution in [0.15, 0.2) is 48.5 Å². The number of hydrogen-bond acceptors (Lipinski definition) is 3. The fraction of sp³-hybridized carbons (Fsp3) is 0.250. The van der Waals surface area contributed by atoms with Crippen molar-refractivity contribution >= 4 is 5.69 Å². The molecule has 2 aromatic rings. The lowest BCUT2D eigenvalue weighted by atomic mass is 10.2. The highest BCUT2D eigenvalue weighted by Gasteiger charge is 2.07. The van der Waals surface area contributed by atoms with Gasteiger partial charge in [0.05, 0.1) is 5.69 Å². The standard InChI is InChI=1S/C16H18FNO2/c1-12-7-8-15(17)16(9-12)18-10-13(19)11-20-14-5-3-2-4-6-14/h2-9,13,18-19H,10-11H2,1H3. The van der Waals surface area contributed by atoms with Gasteiger partial charge in [-0.1, -0.05) is 24.3 Å². The largest absolute Gasteiger partial charge is 0.491 e. The van der Waals surface area contributed by atoms with Crippen molar-refractivity contribution in [3.05, 3.63) is 59.9 Å². The number of ether oxygens (including phenoxy) is 1. The number of nitrogens with one attached hydrogen (secondary N) is 1. The zero-order valence-corrected chi connectivity index (χ0v) is 11.3. The Hall–Kier alpha value is -2.07. The lowest BCUT2D eigenvalue weighted by Gasteiger charge is -2.14. The number of anilines is 1. The number of aryl methyl sites for hydroxylation is 1. The van der Waals surface area contributed by atoms with Crippen LogP contribution in [0.4, 0.5) is 10.1 Å². The van der Waals surface area contributed by atoms with Gasteiger partial charge in [-0.05, 0) is 36.8 Å². The molecule has 20 heavy (non-hydrogen) atoms. The minimum Gasteiger partial charge on any atom is -0.491 e. The first kappa shape index (κ1) is 14.3. The second-order valence-corrected chi connectivity index (χ2v) is 4.64. The molecule has 0 aliphatic heterocycles. The number of aliphatic hydroxyl groups is 1. The summed E-state index contributed by atoms with van der Waals surface area (Å²) in [5, 5.41) is 12.7.